The molecule has 2 rings (SSSR count). The monoisotopic (exact) mass is 286 g/mol. The first-order valence-electron chi connectivity index (χ1n) is 4.20. The second-order valence-corrected chi connectivity index (χ2v) is 5.74. The Balaban J connectivity index is 2.02. The van der Waals surface area contributed by atoms with E-state index in [9.17, 15) is 0 Å². The summed E-state index contributed by atoms with van der Waals surface area (Å²) in [4.78, 5) is 0. The van der Waals surface area contributed by atoms with Crippen LogP contribution in [0.25, 0.3) is 0 Å². The molecule has 0 aromatic carbocycles. The molecule has 0 fully saturated rings. The van der Waals surface area contributed by atoms with Gasteiger partial charge in [0.1, 0.15) is 19.3 Å². The maximum absolute atomic E-state index is 4.90. The maximum Gasteiger partial charge on any atom is 0.127 e. The first-order valence-corrected chi connectivity index (χ1v) is 7.17. The van der Waals surface area contributed by atoms with Crippen molar-refractivity contribution < 1.29 is 0 Å². The highest BCUT2D eigenvalue weighted by molar-refractivity contribution is 8.76. The van der Waals surface area contributed by atoms with Crippen LogP contribution in [0.15, 0.2) is 34.3 Å². The number of hydrogen-bond donors (Lipinski definition) is 2. The van der Waals surface area contributed by atoms with Crippen LogP contribution in [0.5, 0.6) is 0 Å². The lowest BCUT2D eigenvalue weighted by atomic mass is 10.6. The lowest BCUT2D eigenvalue weighted by Crippen LogP contribution is -1.84. The van der Waals surface area contributed by atoms with Gasteiger partial charge in [-0.05, 0) is 45.9 Å². The largest absolute Gasteiger partial charge is 0.267 e. The fourth-order valence-electron chi connectivity index (χ4n) is 0.842. The molecular weight excluding hydrogens is 280 g/mol. The van der Waals surface area contributed by atoms with Gasteiger partial charge < -0.3 is 0 Å². The lowest BCUT2D eigenvalue weighted by molar-refractivity contribution is 0.918. The molecule has 0 atom stereocenters. The van der Waals surface area contributed by atoms with Crippen molar-refractivity contribution >= 4 is 46.0 Å². The van der Waals surface area contributed by atoms with Crippen LogP contribution >= 0.6 is 46.0 Å². The van der Waals surface area contributed by atoms with Gasteiger partial charge >= 0.3 is 0 Å². The number of aromatic nitrogens is 4. The molecule has 0 aliphatic rings. The van der Waals surface area contributed by atoms with Gasteiger partial charge in [-0.3, -0.25) is 10.2 Å². The molecule has 2 aromatic rings. The summed E-state index contributed by atoms with van der Waals surface area (Å²) in [7, 11) is 3.00. The van der Waals surface area contributed by atoms with Gasteiger partial charge in [0.15, 0.2) is 0 Å². The molecule has 2 aromatic heterocycles. The SMILES string of the molecule is S=c1ccc(SSc2ccc(=S)[nH]n2)n[nH]1. The summed E-state index contributed by atoms with van der Waals surface area (Å²) in [5.74, 6) is 0. The van der Waals surface area contributed by atoms with Crippen molar-refractivity contribution in [1.82, 2.24) is 20.4 Å². The normalized spacial score (nSPS) is 10.2. The number of hydrogen-bond acceptors (Lipinski definition) is 6. The van der Waals surface area contributed by atoms with Crippen LogP contribution in [-0.4, -0.2) is 20.4 Å². The summed E-state index contributed by atoms with van der Waals surface area (Å²) in [6, 6.07) is 7.33. The highest BCUT2D eigenvalue weighted by atomic mass is 33.1. The zero-order valence-corrected chi connectivity index (χ0v) is 11.1. The number of H-pyrrole nitrogens is 2. The minimum Gasteiger partial charge on any atom is -0.267 e. The van der Waals surface area contributed by atoms with Gasteiger partial charge in [-0.1, -0.05) is 24.4 Å². The summed E-state index contributed by atoms with van der Waals surface area (Å²) in [6.07, 6.45) is 0. The molecule has 4 nitrogen and oxygen atoms in total. The minimum atomic E-state index is 0.622. The number of nitrogens with one attached hydrogen (secondary N) is 2. The van der Waals surface area contributed by atoms with E-state index in [0.717, 1.165) is 10.1 Å². The number of nitrogens with zero attached hydrogens (tertiary/aromatic N) is 2. The standard InChI is InChI=1S/C8H6N4S4/c13-5-1-3-7(11-9-5)15-16-8-4-2-6(14)10-12-8/h1-4H,(H,9,13)(H,10,14). The Hall–Kier alpha value is -0.700. The molecule has 0 amide bonds. The lowest BCUT2D eigenvalue weighted by Gasteiger charge is -1.98. The van der Waals surface area contributed by atoms with E-state index in [-0.39, 0.29) is 0 Å². The van der Waals surface area contributed by atoms with E-state index in [2.05, 4.69) is 20.4 Å². The highest BCUT2D eigenvalue weighted by Gasteiger charge is 1.99. The van der Waals surface area contributed by atoms with Crippen LogP contribution in [0.1, 0.15) is 0 Å². The van der Waals surface area contributed by atoms with Crippen LogP contribution in [0, 0.1) is 9.28 Å². The summed E-state index contributed by atoms with van der Waals surface area (Å²) < 4.78 is 1.24. The molecule has 0 bridgehead atoms. The summed E-state index contributed by atoms with van der Waals surface area (Å²) in [5.41, 5.74) is 0. The van der Waals surface area contributed by atoms with Crippen molar-refractivity contribution in [2.24, 2.45) is 0 Å². The minimum absolute atomic E-state index is 0.622. The van der Waals surface area contributed by atoms with Crippen molar-refractivity contribution in [3.63, 3.8) is 0 Å². The Bertz CT molecular complexity index is 497. The molecule has 0 saturated heterocycles. The van der Waals surface area contributed by atoms with Crippen molar-refractivity contribution in [3.8, 4) is 0 Å². The average Bonchev–Trinajstić information content (AvgIpc) is 2.30. The van der Waals surface area contributed by atoms with E-state index in [1.807, 2.05) is 12.1 Å². The van der Waals surface area contributed by atoms with E-state index in [4.69, 9.17) is 24.4 Å². The molecule has 2 heterocycles. The predicted octanol–water partition coefficient (Wildman–Crippen LogP) is 3.39. The number of aromatic amines is 2. The summed E-state index contributed by atoms with van der Waals surface area (Å²) in [6.45, 7) is 0. The van der Waals surface area contributed by atoms with Crippen molar-refractivity contribution in [1.29, 1.82) is 0 Å². The van der Waals surface area contributed by atoms with Gasteiger partial charge in [0.05, 0.1) is 0 Å². The first-order chi connectivity index (χ1) is 7.74. The van der Waals surface area contributed by atoms with Gasteiger partial charge in [-0.15, -0.1) is 0 Å². The molecule has 0 spiro atoms. The Labute approximate surface area is 110 Å². The third-order valence-corrected chi connectivity index (χ3v) is 4.13. The Kier molecular flexibility index (Phi) is 4.10. The van der Waals surface area contributed by atoms with Crippen LogP contribution in [0.2, 0.25) is 0 Å². The molecule has 0 aliphatic carbocycles. The molecule has 0 unspecified atom stereocenters. The second-order valence-electron chi connectivity index (χ2n) is 2.69. The predicted molar refractivity (Wildman–Crippen MR) is 70.6 cm³/mol. The van der Waals surface area contributed by atoms with Gasteiger partial charge in [0, 0.05) is 0 Å². The summed E-state index contributed by atoms with van der Waals surface area (Å²) >= 11 is 9.80. The Morgan fingerprint density at radius 3 is 1.56 bits per heavy atom. The van der Waals surface area contributed by atoms with Crippen LogP contribution in [0.4, 0.5) is 0 Å². The quantitative estimate of drug-likeness (QED) is 0.666. The van der Waals surface area contributed by atoms with Crippen LogP contribution < -0.4 is 0 Å². The van der Waals surface area contributed by atoms with E-state index in [0.29, 0.717) is 9.28 Å². The fourth-order valence-corrected chi connectivity index (χ4v) is 2.72. The maximum atomic E-state index is 4.90. The van der Waals surface area contributed by atoms with Gasteiger partial charge in [-0.2, -0.15) is 10.2 Å². The Morgan fingerprint density at radius 1 is 0.812 bits per heavy atom. The molecule has 2 N–H and O–H groups in total. The first kappa shape index (κ1) is 11.8. The molecule has 8 heteroatoms. The van der Waals surface area contributed by atoms with Crippen LogP contribution in [0.3, 0.4) is 0 Å². The summed E-state index contributed by atoms with van der Waals surface area (Å²) in [5, 5.41) is 15.3. The van der Waals surface area contributed by atoms with E-state index < -0.39 is 0 Å². The molecule has 0 saturated carbocycles. The molecule has 82 valence electrons. The zero-order valence-electron chi connectivity index (χ0n) is 7.84. The molecular formula is C8H6N4S4. The fraction of sp³-hybridized carbons (Fsp3) is 0. The van der Waals surface area contributed by atoms with Crippen molar-refractivity contribution in [2.75, 3.05) is 0 Å². The van der Waals surface area contributed by atoms with Gasteiger partial charge in [0.25, 0.3) is 0 Å². The zero-order chi connectivity index (χ0) is 11.4. The third kappa shape index (κ3) is 3.41. The smallest absolute Gasteiger partial charge is 0.127 e. The van der Waals surface area contributed by atoms with Crippen molar-refractivity contribution in [3.05, 3.63) is 33.5 Å². The Morgan fingerprint density at radius 2 is 1.25 bits per heavy atom. The van der Waals surface area contributed by atoms with Gasteiger partial charge in [-0.25, -0.2) is 0 Å². The van der Waals surface area contributed by atoms with Crippen molar-refractivity contribution in [2.45, 2.75) is 10.1 Å². The second kappa shape index (κ2) is 5.58. The topological polar surface area (TPSA) is 57.4 Å². The highest BCUT2D eigenvalue weighted by Crippen LogP contribution is 2.33. The van der Waals surface area contributed by atoms with Gasteiger partial charge in [0.2, 0.25) is 0 Å². The third-order valence-electron chi connectivity index (χ3n) is 1.52. The molecule has 0 radical (unpaired) electrons. The van der Waals surface area contributed by atoms with E-state index >= 15 is 0 Å². The van der Waals surface area contributed by atoms with E-state index in [1.54, 1.807) is 12.1 Å². The van der Waals surface area contributed by atoms with E-state index in [1.165, 1.54) is 21.6 Å². The molecule has 0 aliphatic heterocycles. The molecule has 16 heavy (non-hydrogen) atoms. The average molecular weight is 286 g/mol. The van der Waals surface area contributed by atoms with Crippen LogP contribution in [-0.2, 0) is 0 Å². The number of rotatable bonds is 3.